The van der Waals surface area contributed by atoms with Gasteiger partial charge in [0.25, 0.3) is 0 Å². The summed E-state index contributed by atoms with van der Waals surface area (Å²) in [5.41, 5.74) is 0.672. The third-order valence-corrected chi connectivity index (χ3v) is 4.96. The third kappa shape index (κ3) is 3.88. The zero-order valence-corrected chi connectivity index (χ0v) is 16.4. The number of pyridine rings is 1. The summed E-state index contributed by atoms with van der Waals surface area (Å²) in [7, 11) is 0. The topological polar surface area (TPSA) is 80.2 Å². The summed E-state index contributed by atoms with van der Waals surface area (Å²) in [6, 6.07) is 5.88. The Balaban J connectivity index is 1.59. The molecule has 10 heteroatoms. The Bertz CT molecular complexity index is 1140. The fourth-order valence-corrected chi connectivity index (χ4v) is 3.30. The summed E-state index contributed by atoms with van der Waals surface area (Å²) in [6.07, 6.45) is 2.99. The number of fused-ring (bicyclic) bond motifs is 1. The Morgan fingerprint density at radius 3 is 2.90 bits per heavy atom. The molecule has 1 aromatic carbocycles. The van der Waals surface area contributed by atoms with Crippen LogP contribution in [0.1, 0.15) is 6.42 Å². The van der Waals surface area contributed by atoms with Crippen LogP contribution in [0.4, 0.5) is 20.3 Å². The number of hydrogen-bond acceptors (Lipinski definition) is 6. The van der Waals surface area contributed by atoms with Gasteiger partial charge in [-0.25, -0.2) is 23.7 Å². The van der Waals surface area contributed by atoms with E-state index in [2.05, 4.69) is 26.8 Å². The molecule has 1 amide bonds. The molecule has 0 spiro atoms. The number of carbonyl (C=O) groups is 1. The Morgan fingerprint density at radius 2 is 2.10 bits per heavy atom. The molecule has 3 heterocycles. The maximum atomic E-state index is 14.2. The highest BCUT2D eigenvalue weighted by molar-refractivity contribution is 6.30. The molecular formula is C20H16ClF2N5O2. The number of rotatable bonds is 5. The maximum Gasteiger partial charge on any atom is 0.246 e. The normalized spacial score (nSPS) is 16.0. The van der Waals surface area contributed by atoms with Gasteiger partial charge >= 0.3 is 0 Å². The van der Waals surface area contributed by atoms with E-state index in [9.17, 15) is 13.6 Å². The van der Waals surface area contributed by atoms with Crippen molar-refractivity contribution in [1.29, 1.82) is 0 Å². The molecule has 1 atom stereocenters. The van der Waals surface area contributed by atoms with Crippen LogP contribution in [0.15, 0.2) is 43.2 Å². The Kier molecular flexibility index (Phi) is 5.45. The average molecular weight is 432 g/mol. The van der Waals surface area contributed by atoms with Crippen LogP contribution in [-0.2, 0) is 4.79 Å². The molecule has 0 radical (unpaired) electrons. The molecule has 0 bridgehead atoms. The summed E-state index contributed by atoms with van der Waals surface area (Å²) >= 11 is 5.60. The van der Waals surface area contributed by atoms with Gasteiger partial charge in [0.05, 0.1) is 22.8 Å². The zero-order chi connectivity index (χ0) is 21.3. The maximum absolute atomic E-state index is 14.2. The fraction of sp³-hybridized carbons (Fsp3) is 0.200. The lowest BCUT2D eigenvalue weighted by Crippen LogP contribution is -2.29. The molecule has 0 unspecified atom stereocenters. The van der Waals surface area contributed by atoms with Crippen molar-refractivity contribution in [2.24, 2.45) is 0 Å². The lowest BCUT2D eigenvalue weighted by atomic mass is 10.2. The number of nitrogens with one attached hydrogen (secondary N) is 1. The van der Waals surface area contributed by atoms with Crippen LogP contribution in [0.2, 0.25) is 5.02 Å². The number of likely N-dealkylation sites (tertiary alicyclic amines) is 1. The van der Waals surface area contributed by atoms with E-state index in [1.54, 1.807) is 17.0 Å². The zero-order valence-electron chi connectivity index (χ0n) is 15.6. The molecule has 30 heavy (non-hydrogen) atoms. The number of amides is 1. The minimum Gasteiger partial charge on any atom is -0.472 e. The Labute approximate surface area is 175 Å². The molecule has 1 N–H and O–H groups in total. The van der Waals surface area contributed by atoms with E-state index in [1.165, 1.54) is 24.5 Å². The molecule has 3 aromatic rings. The van der Waals surface area contributed by atoms with E-state index >= 15 is 0 Å². The van der Waals surface area contributed by atoms with Crippen molar-refractivity contribution >= 4 is 40.0 Å². The molecule has 1 aliphatic heterocycles. The number of carbonyl (C=O) groups excluding carboxylic acids is 1. The quantitative estimate of drug-likeness (QED) is 0.488. The van der Waals surface area contributed by atoms with Gasteiger partial charge in [0.1, 0.15) is 17.9 Å². The van der Waals surface area contributed by atoms with Crippen molar-refractivity contribution in [3.8, 4) is 5.88 Å². The van der Waals surface area contributed by atoms with E-state index < -0.39 is 11.6 Å². The van der Waals surface area contributed by atoms with Crippen LogP contribution in [0.3, 0.4) is 0 Å². The first-order valence-electron chi connectivity index (χ1n) is 9.06. The summed E-state index contributed by atoms with van der Waals surface area (Å²) in [6.45, 7) is 4.48. The van der Waals surface area contributed by atoms with Crippen molar-refractivity contribution in [2.75, 3.05) is 18.4 Å². The molecule has 1 aliphatic rings. The predicted molar refractivity (Wildman–Crippen MR) is 108 cm³/mol. The Morgan fingerprint density at radius 1 is 1.27 bits per heavy atom. The summed E-state index contributed by atoms with van der Waals surface area (Å²) in [4.78, 5) is 26.0. The minimum absolute atomic E-state index is 0.139. The third-order valence-electron chi connectivity index (χ3n) is 4.66. The number of ether oxygens (including phenoxy) is 1. The van der Waals surface area contributed by atoms with Gasteiger partial charge in [0.2, 0.25) is 11.8 Å². The van der Waals surface area contributed by atoms with Crippen molar-refractivity contribution in [2.45, 2.75) is 12.5 Å². The van der Waals surface area contributed by atoms with E-state index in [0.29, 0.717) is 36.4 Å². The van der Waals surface area contributed by atoms with Gasteiger partial charge in [-0.2, -0.15) is 0 Å². The summed E-state index contributed by atoms with van der Waals surface area (Å²) < 4.78 is 33.8. The van der Waals surface area contributed by atoms with Gasteiger partial charge in [0.15, 0.2) is 17.5 Å². The largest absolute Gasteiger partial charge is 0.472 e. The highest BCUT2D eigenvalue weighted by atomic mass is 35.5. The Hall–Kier alpha value is -3.33. The van der Waals surface area contributed by atoms with E-state index in [0.717, 1.165) is 0 Å². The molecule has 2 aromatic heterocycles. The molecule has 1 saturated heterocycles. The molecular weight excluding hydrogens is 416 g/mol. The van der Waals surface area contributed by atoms with Gasteiger partial charge < -0.3 is 15.0 Å². The van der Waals surface area contributed by atoms with Gasteiger partial charge in [-0.1, -0.05) is 18.2 Å². The molecule has 154 valence electrons. The number of nitrogens with zero attached hydrogens (tertiary/aromatic N) is 4. The van der Waals surface area contributed by atoms with Crippen LogP contribution in [-0.4, -0.2) is 45.0 Å². The summed E-state index contributed by atoms with van der Waals surface area (Å²) in [5.74, 6) is -1.94. The van der Waals surface area contributed by atoms with Gasteiger partial charge in [-0.15, -0.1) is 0 Å². The van der Waals surface area contributed by atoms with Crippen LogP contribution < -0.4 is 10.1 Å². The van der Waals surface area contributed by atoms with Crippen LogP contribution >= 0.6 is 11.6 Å². The second-order valence-electron chi connectivity index (χ2n) is 6.60. The highest BCUT2D eigenvalue weighted by Gasteiger charge is 2.26. The minimum atomic E-state index is -1.16. The average Bonchev–Trinajstić information content (AvgIpc) is 3.22. The number of benzene rings is 1. The standard InChI is InChI=1S/C20H16ClF2N5O2/c1-2-16(29)28-8-7-11(9-28)30-15-6-5-14-19(27-15)20(25-10-24-14)26-13-4-3-12(21)17(22)18(13)23/h2-6,10-11H,1,7-9H2,(H,24,25,26)/t11-/m0/s1. The second kappa shape index (κ2) is 8.19. The molecule has 7 nitrogen and oxygen atoms in total. The highest BCUT2D eigenvalue weighted by Crippen LogP contribution is 2.29. The van der Waals surface area contributed by atoms with Gasteiger partial charge in [-0.3, -0.25) is 4.79 Å². The van der Waals surface area contributed by atoms with Crippen molar-refractivity contribution in [3.63, 3.8) is 0 Å². The molecule has 0 aliphatic carbocycles. The monoisotopic (exact) mass is 431 g/mol. The van der Waals surface area contributed by atoms with E-state index in [-0.39, 0.29) is 28.5 Å². The van der Waals surface area contributed by atoms with Gasteiger partial charge in [-0.05, 0) is 24.3 Å². The van der Waals surface area contributed by atoms with Crippen molar-refractivity contribution < 1.29 is 18.3 Å². The number of aromatic nitrogens is 3. The van der Waals surface area contributed by atoms with Crippen LogP contribution in [0, 0.1) is 11.6 Å². The number of halogens is 3. The fourth-order valence-electron chi connectivity index (χ4n) is 3.15. The second-order valence-corrected chi connectivity index (χ2v) is 7.01. The summed E-state index contributed by atoms with van der Waals surface area (Å²) in [5, 5.41) is 2.41. The van der Waals surface area contributed by atoms with Crippen LogP contribution in [0.5, 0.6) is 5.88 Å². The van der Waals surface area contributed by atoms with E-state index in [4.69, 9.17) is 16.3 Å². The van der Waals surface area contributed by atoms with Gasteiger partial charge in [0, 0.05) is 19.0 Å². The number of anilines is 2. The van der Waals surface area contributed by atoms with Crippen LogP contribution in [0.25, 0.3) is 11.0 Å². The number of hydrogen-bond donors (Lipinski definition) is 1. The lowest BCUT2D eigenvalue weighted by Gasteiger charge is -2.15. The molecule has 1 fully saturated rings. The SMILES string of the molecule is C=CC(=O)N1CC[C@H](Oc2ccc3ncnc(Nc4ccc(Cl)c(F)c4F)c3n2)C1. The molecule has 4 rings (SSSR count). The van der Waals surface area contributed by atoms with E-state index in [1.807, 2.05) is 0 Å². The first kappa shape index (κ1) is 20.0. The van der Waals surface area contributed by atoms with Crippen molar-refractivity contribution in [1.82, 2.24) is 19.9 Å². The van der Waals surface area contributed by atoms with Crippen molar-refractivity contribution in [3.05, 3.63) is 59.9 Å². The first-order chi connectivity index (χ1) is 14.5. The molecule has 0 saturated carbocycles. The lowest BCUT2D eigenvalue weighted by molar-refractivity contribution is -0.125. The smallest absolute Gasteiger partial charge is 0.246 e. The first-order valence-corrected chi connectivity index (χ1v) is 9.44. The predicted octanol–water partition coefficient (Wildman–Crippen LogP) is 3.87.